The summed E-state index contributed by atoms with van der Waals surface area (Å²) in [6.07, 6.45) is -4.05. The number of aromatic nitrogens is 2. The fraction of sp³-hybridized carbons (Fsp3) is 0.625. The molecule has 5 nitrogen and oxygen atoms in total. The molecule has 1 aromatic heterocycles. The minimum absolute atomic E-state index is 0.0828. The van der Waals surface area contributed by atoms with Crippen LogP contribution in [0.25, 0.3) is 0 Å². The fourth-order valence-corrected chi connectivity index (χ4v) is 1.51. The Morgan fingerprint density at radius 3 is 2.69 bits per heavy atom. The Balaban J connectivity index is 2.15. The zero-order valence-electron chi connectivity index (χ0n) is 8.04. The molecule has 1 aliphatic rings. The summed E-state index contributed by atoms with van der Waals surface area (Å²) in [6.45, 7) is 0.410. The Morgan fingerprint density at radius 2 is 2.12 bits per heavy atom. The fourth-order valence-electron chi connectivity index (χ4n) is 1.51. The van der Waals surface area contributed by atoms with E-state index in [-0.39, 0.29) is 18.2 Å². The number of nitrogens with one attached hydrogen (secondary N) is 1. The molecule has 0 aromatic carbocycles. The van der Waals surface area contributed by atoms with Gasteiger partial charge in [0, 0.05) is 18.9 Å². The minimum Gasteiger partial charge on any atom is -0.417 e. The lowest BCUT2D eigenvalue weighted by molar-refractivity contribution is -0.157. The normalized spacial score (nSPS) is 21.9. The van der Waals surface area contributed by atoms with E-state index in [1.165, 1.54) is 0 Å². The lowest BCUT2D eigenvalue weighted by Crippen LogP contribution is -2.32. The van der Waals surface area contributed by atoms with E-state index in [2.05, 4.69) is 19.9 Å². The van der Waals surface area contributed by atoms with Gasteiger partial charge in [0.1, 0.15) is 0 Å². The Kier molecular flexibility index (Phi) is 2.56. The van der Waals surface area contributed by atoms with Crippen LogP contribution in [0.3, 0.4) is 0 Å². The summed E-state index contributed by atoms with van der Waals surface area (Å²) in [7, 11) is 0. The molecule has 1 unspecified atom stereocenters. The third-order valence-electron chi connectivity index (χ3n) is 2.28. The summed E-state index contributed by atoms with van der Waals surface area (Å²) >= 11 is 0. The molecule has 1 fully saturated rings. The summed E-state index contributed by atoms with van der Waals surface area (Å²) in [6, 6.07) is 0. The third kappa shape index (κ3) is 2.15. The van der Waals surface area contributed by atoms with Crippen molar-refractivity contribution in [3.8, 4) is 0 Å². The van der Waals surface area contributed by atoms with Crippen molar-refractivity contribution < 1.29 is 22.4 Å². The molecule has 1 atom stereocenters. The van der Waals surface area contributed by atoms with E-state index in [0.29, 0.717) is 13.0 Å². The first-order chi connectivity index (χ1) is 7.47. The van der Waals surface area contributed by atoms with Gasteiger partial charge in [-0.2, -0.15) is 13.2 Å². The van der Waals surface area contributed by atoms with Crippen LogP contribution in [0.5, 0.6) is 0 Å². The number of rotatable bonds is 1. The highest BCUT2D eigenvalue weighted by atomic mass is 19.4. The van der Waals surface area contributed by atoms with Gasteiger partial charge in [-0.05, 0) is 6.42 Å². The van der Waals surface area contributed by atoms with Gasteiger partial charge >= 0.3 is 12.1 Å². The van der Waals surface area contributed by atoms with Crippen molar-refractivity contribution in [1.82, 2.24) is 15.5 Å². The largest absolute Gasteiger partial charge is 0.470 e. The first kappa shape index (κ1) is 10.9. The van der Waals surface area contributed by atoms with Gasteiger partial charge in [-0.15, -0.1) is 10.2 Å². The lowest BCUT2D eigenvalue weighted by Gasteiger charge is -2.18. The van der Waals surface area contributed by atoms with Crippen molar-refractivity contribution in [2.45, 2.75) is 24.9 Å². The van der Waals surface area contributed by atoms with Crippen LogP contribution in [-0.2, 0) is 11.0 Å². The van der Waals surface area contributed by atoms with Crippen molar-refractivity contribution in [2.75, 3.05) is 6.54 Å². The Bertz CT molecular complexity index is 401. The minimum atomic E-state index is -4.64. The van der Waals surface area contributed by atoms with E-state index in [4.69, 9.17) is 0 Å². The van der Waals surface area contributed by atoms with Crippen LogP contribution in [-0.4, -0.2) is 22.6 Å². The van der Waals surface area contributed by atoms with Crippen LogP contribution in [0, 0.1) is 0 Å². The Labute approximate surface area is 88.0 Å². The zero-order chi connectivity index (χ0) is 11.8. The molecule has 0 aliphatic carbocycles. The second-order valence-corrected chi connectivity index (χ2v) is 3.48. The Hall–Kier alpha value is -1.60. The number of carbonyl (C=O) groups is 1. The molecule has 16 heavy (non-hydrogen) atoms. The van der Waals surface area contributed by atoms with Crippen molar-refractivity contribution in [3.05, 3.63) is 11.8 Å². The van der Waals surface area contributed by atoms with Gasteiger partial charge in [-0.3, -0.25) is 4.79 Å². The predicted molar refractivity (Wildman–Crippen MR) is 44.3 cm³/mol. The van der Waals surface area contributed by atoms with Crippen LogP contribution < -0.4 is 5.32 Å². The standard InChI is InChI=1S/C8H8F3N3O2/c9-8(10,11)7-14-13-6(16-7)4-1-2-12-5(15)3-4/h4H,1-3H2,(H,12,15). The zero-order valence-corrected chi connectivity index (χ0v) is 8.04. The molecular weight excluding hydrogens is 227 g/mol. The summed E-state index contributed by atoms with van der Waals surface area (Å²) < 4.78 is 41.0. The number of nitrogens with zero attached hydrogens (tertiary/aromatic N) is 2. The highest BCUT2D eigenvalue weighted by molar-refractivity contribution is 5.77. The molecule has 88 valence electrons. The average molecular weight is 235 g/mol. The van der Waals surface area contributed by atoms with Gasteiger partial charge in [0.25, 0.3) is 0 Å². The number of alkyl halides is 3. The Morgan fingerprint density at radius 1 is 1.38 bits per heavy atom. The number of amides is 1. The summed E-state index contributed by atoms with van der Waals surface area (Å²) in [4.78, 5) is 11.0. The molecule has 1 aliphatic heterocycles. The molecule has 1 N–H and O–H groups in total. The molecule has 0 radical (unpaired) electrons. The van der Waals surface area contributed by atoms with Crippen molar-refractivity contribution in [2.24, 2.45) is 0 Å². The van der Waals surface area contributed by atoms with E-state index < -0.39 is 18.0 Å². The van der Waals surface area contributed by atoms with Crippen LogP contribution >= 0.6 is 0 Å². The molecule has 1 aromatic rings. The van der Waals surface area contributed by atoms with Gasteiger partial charge in [0.05, 0.1) is 0 Å². The summed E-state index contributed by atoms with van der Waals surface area (Å²) in [5.74, 6) is -2.13. The van der Waals surface area contributed by atoms with E-state index in [1.807, 2.05) is 0 Å². The molecule has 2 rings (SSSR count). The van der Waals surface area contributed by atoms with Crippen molar-refractivity contribution in [1.29, 1.82) is 0 Å². The van der Waals surface area contributed by atoms with Crippen molar-refractivity contribution >= 4 is 5.91 Å². The van der Waals surface area contributed by atoms with E-state index in [1.54, 1.807) is 0 Å². The molecule has 0 saturated carbocycles. The summed E-state index contributed by atoms with van der Waals surface area (Å²) in [5, 5.41) is 8.81. The van der Waals surface area contributed by atoms with E-state index >= 15 is 0 Å². The third-order valence-corrected chi connectivity index (χ3v) is 2.28. The second kappa shape index (κ2) is 3.76. The maximum Gasteiger partial charge on any atom is 0.470 e. The maximum absolute atomic E-state index is 12.2. The van der Waals surface area contributed by atoms with Gasteiger partial charge in [-0.25, -0.2) is 0 Å². The molecule has 8 heteroatoms. The van der Waals surface area contributed by atoms with Crippen LogP contribution in [0.4, 0.5) is 13.2 Å². The second-order valence-electron chi connectivity index (χ2n) is 3.48. The van der Waals surface area contributed by atoms with Gasteiger partial charge in [-0.1, -0.05) is 0 Å². The first-order valence-corrected chi connectivity index (χ1v) is 4.64. The van der Waals surface area contributed by atoms with Crippen LogP contribution in [0.1, 0.15) is 30.5 Å². The van der Waals surface area contributed by atoms with Crippen molar-refractivity contribution in [3.63, 3.8) is 0 Å². The van der Waals surface area contributed by atoms with Gasteiger partial charge in [0.15, 0.2) is 0 Å². The molecule has 1 amide bonds. The van der Waals surface area contributed by atoms with Gasteiger partial charge < -0.3 is 9.73 Å². The highest BCUT2D eigenvalue weighted by Gasteiger charge is 2.39. The number of halogens is 3. The maximum atomic E-state index is 12.2. The predicted octanol–water partition coefficient (Wildman–Crippen LogP) is 1.08. The van der Waals surface area contributed by atoms with E-state index in [9.17, 15) is 18.0 Å². The molecular formula is C8H8F3N3O2. The molecule has 0 spiro atoms. The monoisotopic (exact) mass is 235 g/mol. The smallest absolute Gasteiger partial charge is 0.417 e. The van der Waals surface area contributed by atoms with Crippen LogP contribution in [0.15, 0.2) is 4.42 Å². The number of hydrogen-bond donors (Lipinski definition) is 1. The van der Waals surface area contributed by atoms with Gasteiger partial charge in [0.2, 0.25) is 11.8 Å². The number of piperidine rings is 1. The SMILES string of the molecule is O=C1CC(c2nnc(C(F)(F)F)o2)CCN1. The van der Waals surface area contributed by atoms with E-state index in [0.717, 1.165) is 0 Å². The lowest BCUT2D eigenvalue weighted by atomic mass is 9.98. The first-order valence-electron chi connectivity index (χ1n) is 4.64. The topological polar surface area (TPSA) is 68.0 Å². The number of hydrogen-bond acceptors (Lipinski definition) is 4. The van der Waals surface area contributed by atoms with Crippen LogP contribution in [0.2, 0.25) is 0 Å². The molecule has 2 heterocycles. The molecule has 0 bridgehead atoms. The number of carbonyl (C=O) groups excluding carboxylic acids is 1. The summed E-state index contributed by atoms with van der Waals surface area (Å²) in [5.41, 5.74) is 0. The highest BCUT2D eigenvalue weighted by Crippen LogP contribution is 2.31. The quantitative estimate of drug-likeness (QED) is 0.790. The molecule has 1 saturated heterocycles. The average Bonchev–Trinajstić information content (AvgIpc) is 2.65.